The molecule has 1 aliphatic heterocycles. The lowest BCUT2D eigenvalue weighted by Gasteiger charge is -2.33. The topological polar surface area (TPSA) is 28.9 Å². The molecule has 0 unspecified atom stereocenters. The molecule has 0 radical (unpaired) electrons. The van der Waals surface area contributed by atoms with Crippen molar-refractivity contribution < 1.29 is 18.4 Å². The molecule has 0 amide bonds. The van der Waals surface area contributed by atoms with Crippen molar-refractivity contribution in [2.75, 3.05) is 38.0 Å². The Morgan fingerprint density at radius 3 is 2.50 bits per heavy atom. The van der Waals surface area contributed by atoms with E-state index in [1.807, 2.05) is 0 Å². The van der Waals surface area contributed by atoms with Crippen molar-refractivity contribution in [2.24, 2.45) is 0 Å². The van der Waals surface area contributed by atoms with Gasteiger partial charge in [-0.15, -0.1) is 0 Å². The smallest absolute Gasteiger partial charge is 0.387 e. The molecule has 122 valence electrons. The Bertz CT molecular complexity index is 476. The van der Waals surface area contributed by atoms with E-state index in [0.29, 0.717) is 5.11 Å². The molecule has 1 aliphatic rings. The molecule has 0 bridgehead atoms. The summed E-state index contributed by atoms with van der Waals surface area (Å²) in [7, 11) is 0. The van der Waals surface area contributed by atoms with Crippen LogP contribution in [-0.2, 0) is 0 Å². The minimum absolute atomic E-state index is 0.142. The molecule has 1 aromatic carbocycles. The Kier molecular flexibility index (Phi) is 6.33. The molecule has 7 heteroatoms. The number of benzene rings is 1. The third kappa shape index (κ3) is 5.06. The summed E-state index contributed by atoms with van der Waals surface area (Å²) in [5, 5.41) is 3.82. The molecule has 1 aromatic rings. The number of rotatable bonds is 5. The maximum absolute atomic E-state index is 12.1. The van der Waals surface area contributed by atoms with E-state index in [4.69, 9.17) is 12.2 Å². The molecule has 1 heterocycles. The predicted octanol–water partition coefficient (Wildman–Crippen LogP) is 1.60. The number of nitrogens with one attached hydrogen (secondary N) is 2. The highest BCUT2D eigenvalue weighted by Crippen LogP contribution is 2.18. The highest BCUT2D eigenvalue weighted by atomic mass is 32.1. The normalized spacial score (nSPS) is 15.9. The van der Waals surface area contributed by atoms with Crippen LogP contribution in [0.2, 0.25) is 0 Å². The van der Waals surface area contributed by atoms with Crippen molar-refractivity contribution >= 4 is 23.0 Å². The number of quaternary nitrogens is 1. The average Bonchev–Trinajstić information content (AvgIpc) is 2.50. The van der Waals surface area contributed by atoms with Crippen LogP contribution in [0.15, 0.2) is 24.3 Å². The summed E-state index contributed by atoms with van der Waals surface area (Å²) in [6.45, 7) is 4.67. The molecule has 0 spiro atoms. The second-order valence-electron chi connectivity index (χ2n) is 5.32. The zero-order chi connectivity index (χ0) is 15.9. The van der Waals surface area contributed by atoms with Crippen molar-refractivity contribution in [3.8, 4) is 5.75 Å². The van der Waals surface area contributed by atoms with Crippen molar-refractivity contribution in [1.82, 2.24) is 4.90 Å². The van der Waals surface area contributed by atoms with Crippen LogP contribution >= 0.6 is 12.2 Å². The van der Waals surface area contributed by atoms with Crippen molar-refractivity contribution in [3.63, 3.8) is 0 Å². The number of anilines is 1. The fraction of sp³-hybridized carbons (Fsp3) is 0.533. The summed E-state index contributed by atoms with van der Waals surface area (Å²) < 4.78 is 28.5. The van der Waals surface area contributed by atoms with E-state index in [-0.39, 0.29) is 5.75 Å². The van der Waals surface area contributed by atoms with Crippen molar-refractivity contribution in [3.05, 3.63) is 24.3 Å². The quantitative estimate of drug-likeness (QED) is 0.803. The molecular weight excluding hydrogens is 308 g/mol. The summed E-state index contributed by atoms with van der Waals surface area (Å²) in [4.78, 5) is 3.77. The Labute approximate surface area is 135 Å². The van der Waals surface area contributed by atoms with Crippen LogP contribution < -0.4 is 15.0 Å². The van der Waals surface area contributed by atoms with Crippen LogP contribution in [0.5, 0.6) is 5.75 Å². The second-order valence-corrected chi connectivity index (χ2v) is 5.71. The van der Waals surface area contributed by atoms with Gasteiger partial charge in [-0.1, -0.05) is 6.92 Å². The van der Waals surface area contributed by atoms with Gasteiger partial charge in [0, 0.05) is 5.69 Å². The maximum atomic E-state index is 12.1. The van der Waals surface area contributed by atoms with Gasteiger partial charge >= 0.3 is 6.61 Å². The number of hydrogen-bond acceptors (Lipinski definition) is 2. The van der Waals surface area contributed by atoms with Gasteiger partial charge in [0.25, 0.3) is 0 Å². The van der Waals surface area contributed by atoms with Crippen LogP contribution in [-0.4, -0.2) is 49.3 Å². The molecular formula is C15H22F2N3OS+. The molecule has 0 atom stereocenters. The number of halogens is 2. The van der Waals surface area contributed by atoms with E-state index in [2.05, 4.69) is 21.9 Å². The lowest BCUT2D eigenvalue weighted by molar-refractivity contribution is -0.903. The van der Waals surface area contributed by atoms with Gasteiger partial charge in [-0.3, -0.25) is 0 Å². The average molecular weight is 330 g/mol. The molecule has 0 saturated carbocycles. The number of piperazine rings is 1. The van der Waals surface area contributed by atoms with Crippen LogP contribution in [0.25, 0.3) is 0 Å². The highest BCUT2D eigenvalue weighted by Gasteiger charge is 2.20. The van der Waals surface area contributed by atoms with E-state index in [1.165, 1.54) is 25.1 Å². The van der Waals surface area contributed by atoms with E-state index in [1.54, 1.807) is 17.0 Å². The van der Waals surface area contributed by atoms with Gasteiger partial charge in [0.15, 0.2) is 5.11 Å². The van der Waals surface area contributed by atoms with Crippen LogP contribution in [0.1, 0.15) is 13.3 Å². The van der Waals surface area contributed by atoms with Gasteiger partial charge in [0.05, 0.1) is 32.7 Å². The Hall–Kier alpha value is -1.47. The van der Waals surface area contributed by atoms with Gasteiger partial charge in [0.2, 0.25) is 0 Å². The molecule has 1 saturated heterocycles. The van der Waals surface area contributed by atoms with E-state index in [0.717, 1.165) is 31.9 Å². The second kappa shape index (κ2) is 8.24. The first-order valence-corrected chi connectivity index (χ1v) is 7.93. The Balaban J connectivity index is 1.82. The summed E-state index contributed by atoms with van der Waals surface area (Å²) in [6, 6.07) is 6.37. The number of hydrogen-bond donors (Lipinski definition) is 2. The number of nitrogens with zero attached hydrogens (tertiary/aromatic N) is 1. The Morgan fingerprint density at radius 2 is 1.95 bits per heavy atom. The lowest BCUT2D eigenvalue weighted by Crippen LogP contribution is -3.14. The predicted molar refractivity (Wildman–Crippen MR) is 86.7 cm³/mol. The fourth-order valence-electron chi connectivity index (χ4n) is 2.55. The lowest BCUT2D eigenvalue weighted by atomic mass is 10.3. The highest BCUT2D eigenvalue weighted by molar-refractivity contribution is 7.80. The number of ether oxygens (including phenoxy) is 1. The van der Waals surface area contributed by atoms with Gasteiger partial charge in [0.1, 0.15) is 5.75 Å². The fourth-order valence-corrected chi connectivity index (χ4v) is 2.85. The Morgan fingerprint density at radius 1 is 1.32 bits per heavy atom. The molecule has 22 heavy (non-hydrogen) atoms. The summed E-state index contributed by atoms with van der Waals surface area (Å²) in [5.74, 6) is 0.142. The molecule has 2 rings (SSSR count). The van der Waals surface area contributed by atoms with Crippen molar-refractivity contribution in [1.29, 1.82) is 0 Å². The molecule has 2 N–H and O–H groups in total. The zero-order valence-corrected chi connectivity index (χ0v) is 13.5. The van der Waals surface area contributed by atoms with Crippen LogP contribution in [0, 0.1) is 0 Å². The standard InChI is InChI=1S/C15H21F2N3OS/c1-2-7-19-8-10-20(11-9-19)15(22)18-12-3-5-13(6-4-12)21-14(16)17/h3-6,14H,2,7-11H2,1H3,(H,18,22)/p+1. The minimum Gasteiger partial charge on any atom is -0.435 e. The molecule has 4 nitrogen and oxygen atoms in total. The zero-order valence-electron chi connectivity index (χ0n) is 12.6. The first kappa shape index (κ1) is 16.9. The minimum atomic E-state index is -2.80. The number of alkyl halides is 2. The maximum Gasteiger partial charge on any atom is 0.387 e. The third-order valence-electron chi connectivity index (χ3n) is 3.69. The summed E-state index contributed by atoms with van der Waals surface area (Å²) >= 11 is 5.42. The molecule has 0 aromatic heterocycles. The van der Waals surface area contributed by atoms with E-state index >= 15 is 0 Å². The largest absolute Gasteiger partial charge is 0.435 e. The first-order chi connectivity index (χ1) is 10.6. The third-order valence-corrected chi connectivity index (χ3v) is 4.05. The monoisotopic (exact) mass is 330 g/mol. The summed E-state index contributed by atoms with van der Waals surface area (Å²) in [6.07, 6.45) is 1.20. The van der Waals surface area contributed by atoms with E-state index < -0.39 is 6.61 Å². The molecule has 1 fully saturated rings. The first-order valence-electron chi connectivity index (χ1n) is 7.53. The van der Waals surface area contributed by atoms with Gasteiger partial charge in [-0.25, -0.2) is 0 Å². The van der Waals surface area contributed by atoms with Gasteiger partial charge in [-0.2, -0.15) is 8.78 Å². The number of thiocarbonyl (C=S) groups is 1. The van der Waals surface area contributed by atoms with Crippen LogP contribution in [0.4, 0.5) is 14.5 Å². The van der Waals surface area contributed by atoms with Crippen LogP contribution in [0.3, 0.4) is 0 Å². The summed E-state index contributed by atoms with van der Waals surface area (Å²) in [5.41, 5.74) is 0.773. The van der Waals surface area contributed by atoms with Gasteiger partial charge < -0.3 is 19.9 Å². The SMILES string of the molecule is CCC[NH+]1CCN(C(=S)Nc2ccc(OC(F)F)cc2)CC1. The van der Waals surface area contributed by atoms with Crippen molar-refractivity contribution in [2.45, 2.75) is 20.0 Å². The van der Waals surface area contributed by atoms with E-state index in [9.17, 15) is 8.78 Å². The molecule has 0 aliphatic carbocycles. The van der Waals surface area contributed by atoms with Gasteiger partial charge in [-0.05, 0) is 42.9 Å².